The smallest absolute Gasteiger partial charge is 0.354 e. The van der Waals surface area contributed by atoms with Crippen molar-refractivity contribution >= 4 is 28.5 Å². The number of methoxy groups -OCH3 is 1. The number of benzene rings is 1. The molecular weight excluding hydrogens is 202 g/mol. The first-order valence-corrected chi connectivity index (χ1v) is 4.45. The number of fused-ring (bicyclic) bond motifs is 1. The fourth-order valence-electron chi connectivity index (χ4n) is 1.32. The molecule has 1 heterocycles. The second kappa shape index (κ2) is 3.35. The Morgan fingerprint density at radius 1 is 1.43 bits per heavy atom. The number of H-pyrrole nitrogens is 1. The molecule has 2 aromatic rings. The molecule has 0 aliphatic heterocycles. The minimum atomic E-state index is -0.377. The summed E-state index contributed by atoms with van der Waals surface area (Å²) in [6.07, 6.45) is 0. The first-order valence-electron chi connectivity index (χ1n) is 4.07. The molecule has 0 amide bonds. The number of esters is 1. The van der Waals surface area contributed by atoms with Gasteiger partial charge in [0.05, 0.1) is 7.11 Å². The molecule has 0 spiro atoms. The van der Waals surface area contributed by atoms with Crippen molar-refractivity contribution in [2.24, 2.45) is 0 Å². The van der Waals surface area contributed by atoms with E-state index in [9.17, 15) is 4.79 Å². The Labute approximate surface area is 85.6 Å². The van der Waals surface area contributed by atoms with Crippen molar-refractivity contribution in [3.63, 3.8) is 0 Å². The number of halogens is 1. The summed E-state index contributed by atoms with van der Waals surface area (Å²) in [6.45, 7) is 0. The van der Waals surface area contributed by atoms with Gasteiger partial charge in [0.2, 0.25) is 0 Å². The molecule has 0 unspecified atom stereocenters. The number of ether oxygens (including phenoxy) is 1. The minimum Gasteiger partial charge on any atom is -0.464 e. The molecule has 3 nitrogen and oxygen atoms in total. The van der Waals surface area contributed by atoms with Crippen LogP contribution in [0.3, 0.4) is 0 Å². The third kappa shape index (κ3) is 1.46. The van der Waals surface area contributed by atoms with E-state index in [0.717, 1.165) is 10.9 Å². The van der Waals surface area contributed by atoms with Gasteiger partial charge in [-0.3, -0.25) is 0 Å². The molecule has 1 aromatic heterocycles. The topological polar surface area (TPSA) is 42.1 Å². The van der Waals surface area contributed by atoms with E-state index < -0.39 is 0 Å². The number of carbonyl (C=O) groups excluding carboxylic acids is 1. The monoisotopic (exact) mass is 209 g/mol. The van der Waals surface area contributed by atoms with Crippen LogP contribution in [0.25, 0.3) is 10.9 Å². The summed E-state index contributed by atoms with van der Waals surface area (Å²) in [7, 11) is 1.35. The number of hydrogen-bond acceptors (Lipinski definition) is 2. The van der Waals surface area contributed by atoms with Gasteiger partial charge in [-0.1, -0.05) is 17.7 Å². The van der Waals surface area contributed by atoms with Crippen molar-refractivity contribution in [1.82, 2.24) is 4.98 Å². The Morgan fingerprint density at radius 3 is 2.93 bits per heavy atom. The fourth-order valence-corrected chi connectivity index (χ4v) is 1.49. The summed E-state index contributed by atoms with van der Waals surface area (Å²) in [5, 5.41) is 1.57. The zero-order valence-corrected chi connectivity index (χ0v) is 8.26. The average Bonchev–Trinajstić information content (AvgIpc) is 2.59. The summed E-state index contributed by atoms with van der Waals surface area (Å²) in [5.41, 5.74) is 1.27. The van der Waals surface area contributed by atoms with E-state index in [4.69, 9.17) is 11.6 Å². The zero-order chi connectivity index (χ0) is 10.1. The molecule has 0 aliphatic rings. The normalized spacial score (nSPS) is 10.4. The maximum atomic E-state index is 11.2. The van der Waals surface area contributed by atoms with E-state index in [0.29, 0.717) is 10.7 Å². The van der Waals surface area contributed by atoms with Gasteiger partial charge in [0.1, 0.15) is 5.69 Å². The maximum Gasteiger partial charge on any atom is 0.354 e. The van der Waals surface area contributed by atoms with E-state index in [1.165, 1.54) is 7.11 Å². The molecule has 0 atom stereocenters. The lowest BCUT2D eigenvalue weighted by atomic mass is 10.2. The molecule has 0 bridgehead atoms. The van der Waals surface area contributed by atoms with Gasteiger partial charge in [0.15, 0.2) is 0 Å². The molecule has 1 N–H and O–H groups in total. The van der Waals surface area contributed by atoms with Gasteiger partial charge in [0, 0.05) is 15.9 Å². The largest absolute Gasteiger partial charge is 0.464 e. The van der Waals surface area contributed by atoms with Crippen LogP contribution in [0.4, 0.5) is 0 Å². The van der Waals surface area contributed by atoms with Gasteiger partial charge in [-0.2, -0.15) is 0 Å². The van der Waals surface area contributed by atoms with Crippen molar-refractivity contribution in [3.8, 4) is 0 Å². The van der Waals surface area contributed by atoms with Crippen LogP contribution in [0.1, 0.15) is 10.5 Å². The van der Waals surface area contributed by atoms with Crippen molar-refractivity contribution < 1.29 is 9.53 Å². The second-order valence-electron chi connectivity index (χ2n) is 2.91. The fraction of sp³-hybridized carbons (Fsp3) is 0.100. The van der Waals surface area contributed by atoms with Crippen LogP contribution in [0.5, 0.6) is 0 Å². The number of carbonyl (C=O) groups is 1. The average molecular weight is 210 g/mol. The van der Waals surface area contributed by atoms with E-state index in [2.05, 4.69) is 9.72 Å². The van der Waals surface area contributed by atoms with Gasteiger partial charge >= 0.3 is 5.97 Å². The molecule has 72 valence electrons. The highest BCUT2D eigenvalue weighted by atomic mass is 35.5. The Hall–Kier alpha value is -1.48. The first-order chi connectivity index (χ1) is 6.70. The van der Waals surface area contributed by atoms with E-state index in [1.807, 2.05) is 6.07 Å². The van der Waals surface area contributed by atoms with Crippen LogP contribution in [-0.4, -0.2) is 18.1 Å². The Balaban J connectivity index is 2.56. The molecule has 0 saturated heterocycles. The van der Waals surface area contributed by atoms with Gasteiger partial charge in [-0.05, 0) is 18.2 Å². The second-order valence-corrected chi connectivity index (χ2v) is 3.34. The summed E-state index contributed by atoms with van der Waals surface area (Å²) in [6, 6.07) is 7.13. The quantitative estimate of drug-likeness (QED) is 0.734. The number of hydrogen-bond donors (Lipinski definition) is 1. The summed E-state index contributed by atoms with van der Waals surface area (Å²) >= 11 is 5.81. The molecule has 14 heavy (non-hydrogen) atoms. The molecule has 0 fully saturated rings. The zero-order valence-electron chi connectivity index (χ0n) is 7.50. The van der Waals surface area contributed by atoms with E-state index >= 15 is 0 Å². The molecule has 0 aliphatic carbocycles. The highest BCUT2D eigenvalue weighted by Crippen LogP contribution is 2.20. The lowest BCUT2D eigenvalue weighted by Gasteiger charge is -1.92. The number of rotatable bonds is 1. The standard InChI is InChI=1S/C10H8ClNO2/c1-14-10(13)9-4-6-2-3-7(11)5-8(6)12-9/h2-5,12H,1H3. The number of aromatic amines is 1. The molecule has 1 aromatic carbocycles. The van der Waals surface area contributed by atoms with E-state index in [1.54, 1.807) is 18.2 Å². The third-order valence-corrected chi connectivity index (χ3v) is 2.22. The van der Waals surface area contributed by atoms with Crippen molar-refractivity contribution in [3.05, 3.63) is 35.0 Å². The third-order valence-electron chi connectivity index (χ3n) is 1.99. The Bertz CT molecular complexity index is 490. The summed E-state index contributed by atoms with van der Waals surface area (Å²) in [5.74, 6) is -0.377. The molecule has 0 radical (unpaired) electrons. The van der Waals surface area contributed by atoms with Gasteiger partial charge in [0.25, 0.3) is 0 Å². The van der Waals surface area contributed by atoms with Gasteiger partial charge < -0.3 is 9.72 Å². The van der Waals surface area contributed by atoms with Crippen molar-refractivity contribution in [1.29, 1.82) is 0 Å². The highest BCUT2D eigenvalue weighted by molar-refractivity contribution is 6.31. The van der Waals surface area contributed by atoms with E-state index in [-0.39, 0.29) is 5.97 Å². The van der Waals surface area contributed by atoms with Crippen molar-refractivity contribution in [2.45, 2.75) is 0 Å². The van der Waals surface area contributed by atoms with Crippen molar-refractivity contribution in [2.75, 3.05) is 7.11 Å². The summed E-state index contributed by atoms with van der Waals surface area (Å²) in [4.78, 5) is 14.1. The molecule has 2 rings (SSSR count). The lowest BCUT2D eigenvalue weighted by Crippen LogP contribution is -2.00. The van der Waals surface area contributed by atoms with Crippen LogP contribution >= 0.6 is 11.6 Å². The Kier molecular flexibility index (Phi) is 2.17. The molecule has 4 heteroatoms. The predicted molar refractivity (Wildman–Crippen MR) is 54.6 cm³/mol. The van der Waals surface area contributed by atoms with Gasteiger partial charge in [-0.15, -0.1) is 0 Å². The van der Waals surface area contributed by atoms with Crippen LogP contribution in [-0.2, 0) is 4.74 Å². The Morgan fingerprint density at radius 2 is 2.21 bits per heavy atom. The van der Waals surface area contributed by atoms with Crippen LogP contribution < -0.4 is 0 Å². The number of nitrogens with one attached hydrogen (secondary N) is 1. The van der Waals surface area contributed by atoms with Crippen LogP contribution in [0.2, 0.25) is 5.02 Å². The minimum absolute atomic E-state index is 0.377. The number of aromatic nitrogens is 1. The van der Waals surface area contributed by atoms with Gasteiger partial charge in [-0.25, -0.2) is 4.79 Å². The SMILES string of the molecule is COC(=O)c1cc2ccc(Cl)cc2[nH]1. The predicted octanol–water partition coefficient (Wildman–Crippen LogP) is 2.61. The first kappa shape index (κ1) is 9.09. The summed E-state index contributed by atoms with van der Waals surface area (Å²) < 4.78 is 4.59. The molecular formula is C10H8ClNO2. The van der Waals surface area contributed by atoms with Crippen LogP contribution in [0, 0.1) is 0 Å². The van der Waals surface area contributed by atoms with Crippen LogP contribution in [0.15, 0.2) is 24.3 Å². The molecule has 0 saturated carbocycles. The highest BCUT2D eigenvalue weighted by Gasteiger charge is 2.08. The maximum absolute atomic E-state index is 11.2. The lowest BCUT2D eigenvalue weighted by molar-refractivity contribution is 0.0595.